The van der Waals surface area contributed by atoms with Crippen molar-refractivity contribution < 1.29 is 19.1 Å². The highest BCUT2D eigenvalue weighted by Gasteiger charge is 2.18. The number of esters is 1. The zero-order chi connectivity index (χ0) is 18.4. The molecule has 0 saturated heterocycles. The van der Waals surface area contributed by atoms with Crippen molar-refractivity contribution in [3.8, 4) is 6.01 Å². The number of carbonyl (C=O) groups excluding carboxylic acids is 2. The minimum absolute atomic E-state index is 0.0574. The second kappa shape index (κ2) is 8.38. The van der Waals surface area contributed by atoms with Crippen molar-refractivity contribution in [2.45, 2.75) is 18.2 Å². The highest BCUT2D eigenvalue weighted by Crippen LogP contribution is 2.20. The molecule has 0 radical (unpaired) electrons. The van der Waals surface area contributed by atoms with Crippen LogP contribution in [-0.2, 0) is 11.8 Å². The number of nitrogens with one attached hydrogen (secondary N) is 1. The smallest absolute Gasteiger partial charge is 0.357 e. The molecule has 0 atom stereocenters. The van der Waals surface area contributed by atoms with Crippen molar-refractivity contribution in [3.05, 3.63) is 40.3 Å². The molecule has 0 bridgehead atoms. The van der Waals surface area contributed by atoms with E-state index in [2.05, 4.69) is 9.82 Å². The Hall–Kier alpha value is -2.75. The molecule has 0 aliphatic heterocycles. The van der Waals surface area contributed by atoms with E-state index in [1.54, 1.807) is 24.3 Å². The lowest BCUT2D eigenvalue weighted by Gasteiger charge is -2.07. The summed E-state index contributed by atoms with van der Waals surface area (Å²) in [7, 11) is 2.73. The standard InChI is InChI=1S/C15H18N4O5S/c1-4-9-24-14-16-19(15(22)18(14)2)13(21)17-25-11-8-6-5-7-10(11)12(20)23-3/h5-8H,4,9H2,1-3H3,(H,17,21). The summed E-state index contributed by atoms with van der Waals surface area (Å²) in [6.45, 7) is 2.30. The molecule has 1 heterocycles. The summed E-state index contributed by atoms with van der Waals surface area (Å²) in [6, 6.07) is 5.92. The molecule has 2 aromatic rings. The monoisotopic (exact) mass is 366 g/mol. The van der Waals surface area contributed by atoms with Gasteiger partial charge in [-0.2, -0.15) is 0 Å². The van der Waals surface area contributed by atoms with E-state index in [4.69, 9.17) is 9.47 Å². The van der Waals surface area contributed by atoms with Gasteiger partial charge in [0, 0.05) is 11.9 Å². The van der Waals surface area contributed by atoms with Gasteiger partial charge in [0.1, 0.15) is 0 Å². The quantitative estimate of drug-likeness (QED) is 0.609. The van der Waals surface area contributed by atoms with Crippen molar-refractivity contribution in [1.29, 1.82) is 0 Å². The van der Waals surface area contributed by atoms with Gasteiger partial charge in [-0.05, 0) is 30.5 Å². The minimum atomic E-state index is -0.753. The lowest BCUT2D eigenvalue weighted by molar-refractivity contribution is 0.0596. The first-order valence-electron chi connectivity index (χ1n) is 7.43. The van der Waals surface area contributed by atoms with Crippen LogP contribution in [0.25, 0.3) is 0 Å². The van der Waals surface area contributed by atoms with Gasteiger partial charge in [0.25, 0.3) is 0 Å². The fourth-order valence-electron chi connectivity index (χ4n) is 1.85. The van der Waals surface area contributed by atoms with Gasteiger partial charge in [-0.1, -0.05) is 19.1 Å². The third-order valence-corrected chi connectivity index (χ3v) is 3.96. The topological polar surface area (TPSA) is 104 Å². The van der Waals surface area contributed by atoms with E-state index in [1.807, 2.05) is 6.92 Å². The van der Waals surface area contributed by atoms with E-state index < -0.39 is 17.7 Å². The number of amides is 1. The number of nitrogens with zero attached hydrogens (tertiary/aromatic N) is 3. The van der Waals surface area contributed by atoms with E-state index in [0.29, 0.717) is 21.7 Å². The number of rotatable bonds is 6. The maximum absolute atomic E-state index is 12.2. The first-order chi connectivity index (χ1) is 12.0. The summed E-state index contributed by atoms with van der Waals surface area (Å²) < 4.78 is 14.3. The molecule has 1 aromatic heterocycles. The van der Waals surface area contributed by atoms with Gasteiger partial charge in [-0.3, -0.25) is 4.72 Å². The van der Waals surface area contributed by atoms with Crippen molar-refractivity contribution in [2.75, 3.05) is 13.7 Å². The van der Waals surface area contributed by atoms with E-state index in [0.717, 1.165) is 22.9 Å². The summed E-state index contributed by atoms with van der Waals surface area (Å²) in [5.74, 6) is -0.525. The molecule has 10 heteroatoms. The third kappa shape index (κ3) is 4.21. The maximum Gasteiger partial charge on any atom is 0.357 e. The van der Waals surface area contributed by atoms with Crippen LogP contribution in [0.2, 0.25) is 0 Å². The van der Waals surface area contributed by atoms with Crippen LogP contribution in [0.3, 0.4) is 0 Å². The van der Waals surface area contributed by atoms with Crippen LogP contribution in [0.15, 0.2) is 34.0 Å². The second-order valence-corrected chi connectivity index (χ2v) is 5.73. The Balaban J connectivity index is 2.14. The molecule has 2 rings (SSSR count). The lowest BCUT2D eigenvalue weighted by Crippen LogP contribution is -2.34. The Morgan fingerprint density at radius 3 is 2.72 bits per heavy atom. The number of methoxy groups -OCH3 is 1. The second-order valence-electron chi connectivity index (χ2n) is 4.88. The molecule has 1 amide bonds. The molecule has 134 valence electrons. The Morgan fingerprint density at radius 2 is 2.04 bits per heavy atom. The summed E-state index contributed by atoms with van der Waals surface area (Å²) >= 11 is 0.885. The Kier molecular flexibility index (Phi) is 6.23. The van der Waals surface area contributed by atoms with Gasteiger partial charge in [-0.25, -0.2) is 19.0 Å². The van der Waals surface area contributed by atoms with E-state index in [9.17, 15) is 14.4 Å². The highest BCUT2D eigenvalue weighted by atomic mass is 32.2. The summed E-state index contributed by atoms with van der Waals surface area (Å²) in [4.78, 5) is 36.5. The van der Waals surface area contributed by atoms with Gasteiger partial charge in [-0.15, -0.1) is 9.78 Å². The third-order valence-electron chi connectivity index (χ3n) is 3.11. The number of aromatic nitrogens is 3. The summed E-state index contributed by atoms with van der Waals surface area (Å²) in [5.41, 5.74) is -0.332. The molecule has 0 spiro atoms. The first kappa shape index (κ1) is 18.6. The van der Waals surface area contributed by atoms with Crippen molar-refractivity contribution >= 4 is 23.9 Å². The van der Waals surface area contributed by atoms with Crippen LogP contribution in [0, 0.1) is 0 Å². The molecule has 0 saturated carbocycles. The van der Waals surface area contributed by atoms with Crippen LogP contribution in [-0.4, -0.2) is 40.1 Å². The Morgan fingerprint density at radius 1 is 1.32 bits per heavy atom. The van der Waals surface area contributed by atoms with Crippen LogP contribution < -0.4 is 15.1 Å². The zero-order valence-corrected chi connectivity index (χ0v) is 14.8. The largest absolute Gasteiger partial charge is 0.465 e. The molecular formula is C15H18N4O5S. The number of ether oxygens (including phenoxy) is 2. The fraction of sp³-hybridized carbons (Fsp3) is 0.333. The van der Waals surface area contributed by atoms with Crippen LogP contribution in [0.4, 0.5) is 4.79 Å². The Labute approximate surface area is 148 Å². The van der Waals surface area contributed by atoms with Crippen molar-refractivity contribution in [2.24, 2.45) is 7.05 Å². The molecule has 1 N–H and O–H groups in total. The normalized spacial score (nSPS) is 10.4. The average Bonchev–Trinajstić information content (AvgIpc) is 2.92. The predicted molar refractivity (Wildman–Crippen MR) is 90.8 cm³/mol. The summed E-state index contributed by atoms with van der Waals surface area (Å²) in [6.07, 6.45) is 0.743. The van der Waals surface area contributed by atoms with E-state index >= 15 is 0 Å². The lowest BCUT2D eigenvalue weighted by atomic mass is 10.2. The molecule has 9 nitrogen and oxygen atoms in total. The van der Waals surface area contributed by atoms with Gasteiger partial charge in [0.2, 0.25) is 0 Å². The predicted octanol–water partition coefficient (Wildman–Crippen LogP) is 1.42. The molecule has 0 fully saturated rings. The molecule has 0 unspecified atom stereocenters. The van der Waals surface area contributed by atoms with Gasteiger partial charge in [0.05, 0.1) is 19.3 Å². The Bertz CT molecular complexity index is 830. The maximum atomic E-state index is 12.2. The average molecular weight is 366 g/mol. The first-order valence-corrected chi connectivity index (χ1v) is 8.24. The number of benzene rings is 1. The SMILES string of the molecule is CCCOc1nn(C(=O)NSc2ccccc2C(=O)OC)c(=O)n1C. The fourth-order valence-corrected chi connectivity index (χ4v) is 2.54. The minimum Gasteiger partial charge on any atom is -0.465 e. The molecule has 1 aromatic carbocycles. The van der Waals surface area contributed by atoms with Gasteiger partial charge >= 0.3 is 23.7 Å². The van der Waals surface area contributed by atoms with E-state index in [-0.39, 0.29) is 6.01 Å². The highest BCUT2D eigenvalue weighted by molar-refractivity contribution is 7.98. The summed E-state index contributed by atoms with van der Waals surface area (Å²) in [5, 5.41) is 3.86. The number of carbonyl (C=O) groups is 2. The molecular weight excluding hydrogens is 348 g/mol. The molecule has 0 aliphatic carbocycles. The molecule has 0 aliphatic rings. The van der Waals surface area contributed by atoms with Crippen LogP contribution in [0.1, 0.15) is 23.7 Å². The van der Waals surface area contributed by atoms with Crippen molar-refractivity contribution in [1.82, 2.24) is 19.1 Å². The number of hydrogen-bond donors (Lipinski definition) is 1. The number of hydrogen-bond acceptors (Lipinski definition) is 7. The molecule has 25 heavy (non-hydrogen) atoms. The van der Waals surface area contributed by atoms with Crippen LogP contribution in [0.5, 0.6) is 6.01 Å². The zero-order valence-electron chi connectivity index (χ0n) is 14.0. The van der Waals surface area contributed by atoms with Crippen molar-refractivity contribution in [3.63, 3.8) is 0 Å². The van der Waals surface area contributed by atoms with Gasteiger partial charge < -0.3 is 9.47 Å². The van der Waals surface area contributed by atoms with Crippen LogP contribution >= 0.6 is 11.9 Å². The van der Waals surface area contributed by atoms with E-state index in [1.165, 1.54) is 14.2 Å². The van der Waals surface area contributed by atoms with Gasteiger partial charge in [0.15, 0.2) is 0 Å².